The van der Waals surface area contributed by atoms with Crippen LogP contribution in [-0.4, -0.2) is 12.2 Å². The van der Waals surface area contributed by atoms with Gasteiger partial charge in [0.2, 0.25) is 6.41 Å². The zero-order valence-corrected chi connectivity index (χ0v) is 11.6. The molecule has 98 valence electrons. The Kier molecular flexibility index (Phi) is 25.3. The summed E-state index contributed by atoms with van der Waals surface area (Å²) >= 11 is 0. The summed E-state index contributed by atoms with van der Waals surface area (Å²) in [5.74, 6) is 0.813. The maximum atomic E-state index is 10.8. The molecule has 2 N–H and O–H groups in total. The van der Waals surface area contributed by atoms with E-state index in [9.17, 15) is 4.79 Å². The van der Waals surface area contributed by atoms with Crippen molar-refractivity contribution in [1.82, 2.24) is 0 Å². The third-order valence-electron chi connectivity index (χ3n) is 2.18. The van der Waals surface area contributed by atoms with Crippen LogP contribution in [0.1, 0.15) is 66.7 Å². The van der Waals surface area contributed by atoms with E-state index >= 15 is 0 Å². The maximum absolute atomic E-state index is 10.8. The summed E-state index contributed by atoms with van der Waals surface area (Å²) in [4.78, 5) is 19.4. The molecular formula is C13H29NO2. The molecule has 1 aliphatic rings. The molecule has 0 heterocycles. The van der Waals surface area contributed by atoms with Gasteiger partial charge in [0.1, 0.15) is 5.78 Å². The van der Waals surface area contributed by atoms with Crippen LogP contribution in [0, 0.1) is 5.92 Å². The number of carbonyl (C=O) groups excluding carboxylic acids is 2. The minimum Gasteiger partial charge on any atom is -0.372 e. The van der Waals surface area contributed by atoms with Crippen LogP contribution < -0.4 is 5.73 Å². The van der Waals surface area contributed by atoms with Crippen LogP contribution in [0.15, 0.2) is 0 Å². The average molecular weight is 231 g/mol. The van der Waals surface area contributed by atoms with Crippen molar-refractivity contribution < 1.29 is 9.59 Å². The number of nitrogens with two attached hydrogens (primary N) is 1. The Bertz CT molecular complexity index is 141. The van der Waals surface area contributed by atoms with Gasteiger partial charge < -0.3 is 5.73 Å². The Balaban J connectivity index is -0.000000206. The van der Waals surface area contributed by atoms with Gasteiger partial charge in [-0.25, -0.2) is 0 Å². The predicted molar refractivity (Wildman–Crippen MR) is 70.2 cm³/mol. The Morgan fingerprint density at radius 2 is 1.38 bits per heavy atom. The molecule has 1 fully saturated rings. The highest BCUT2D eigenvalue weighted by molar-refractivity contribution is 5.78. The Morgan fingerprint density at radius 1 is 1.06 bits per heavy atom. The minimum atomic E-state index is 0.250. The number of primary amides is 1. The van der Waals surface area contributed by atoms with E-state index < -0.39 is 0 Å². The summed E-state index contributed by atoms with van der Waals surface area (Å²) in [6.07, 6.45) is 6.42. The molecule has 0 aromatic heterocycles. The highest BCUT2D eigenvalue weighted by atomic mass is 16.1. The fourth-order valence-corrected chi connectivity index (χ4v) is 1.51. The lowest BCUT2D eigenvalue weighted by molar-refractivity contribution is -0.121. The van der Waals surface area contributed by atoms with Gasteiger partial charge in [0, 0.05) is 5.92 Å². The largest absolute Gasteiger partial charge is 0.372 e. The highest BCUT2D eigenvalue weighted by Gasteiger charge is 2.16. The molecule has 16 heavy (non-hydrogen) atoms. The molecule has 0 atom stereocenters. The topological polar surface area (TPSA) is 60.2 Å². The fraction of sp³-hybridized carbons (Fsp3) is 0.846. The molecule has 0 saturated heterocycles. The number of Topliss-reactive ketones (excluding diaryl/α,β-unsaturated/α-hetero) is 1. The molecule has 1 amide bonds. The molecular weight excluding hydrogens is 202 g/mol. The molecule has 1 saturated carbocycles. The number of rotatable bonds is 1. The summed E-state index contributed by atoms with van der Waals surface area (Å²) < 4.78 is 0. The van der Waals surface area contributed by atoms with Gasteiger partial charge in [-0.1, -0.05) is 47.0 Å². The monoisotopic (exact) mass is 231 g/mol. The molecule has 0 radical (unpaired) electrons. The minimum absolute atomic E-state index is 0.250. The van der Waals surface area contributed by atoms with Crippen LogP contribution in [0.3, 0.4) is 0 Å². The van der Waals surface area contributed by atoms with Crippen LogP contribution >= 0.6 is 0 Å². The van der Waals surface area contributed by atoms with Gasteiger partial charge in [-0.2, -0.15) is 0 Å². The van der Waals surface area contributed by atoms with Gasteiger partial charge in [0.25, 0.3) is 0 Å². The van der Waals surface area contributed by atoms with E-state index in [-0.39, 0.29) is 6.41 Å². The maximum Gasteiger partial charge on any atom is 0.204 e. The lowest BCUT2D eigenvalue weighted by Crippen LogP contribution is -2.13. The lowest BCUT2D eigenvalue weighted by Gasteiger charge is -2.17. The lowest BCUT2D eigenvalue weighted by atomic mass is 9.87. The highest BCUT2D eigenvalue weighted by Crippen LogP contribution is 2.23. The van der Waals surface area contributed by atoms with E-state index in [0.717, 1.165) is 12.8 Å². The van der Waals surface area contributed by atoms with Crippen LogP contribution in [0.4, 0.5) is 0 Å². The first-order chi connectivity index (χ1) is 7.72. The molecule has 1 rings (SSSR count). The number of hydrogen-bond donors (Lipinski definition) is 1. The molecule has 0 aliphatic heterocycles. The predicted octanol–water partition coefficient (Wildman–Crippen LogP) is 3.31. The first-order valence-corrected chi connectivity index (χ1v) is 6.38. The third kappa shape index (κ3) is 15.6. The van der Waals surface area contributed by atoms with Crippen molar-refractivity contribution in [2.75, 3.05) is 0 Å². The van der Waals surface area contributed by atoms with Gasteiger partial charge in [-0.15, -0.1) is 0 Å². The van der Waals surface area contributed by atoms with E-state index in [4.69, 9.17) is 4.79 Å². The Hall–Kier alpha value is -0.860. The van der Waals surface area contributed by atoms with Crippen molar-refractivity contribution in [3.8, 4) is 0 Å². The van der Waals surface area contributed by atoms with Gasteiger partial charge in [0.05, 0.1) is 0 Å². The first kappa shape index (κ1) is 20.5. The Morgan fingerprint density at radius 3 is 1.56 bits per heavy atom. The van der Waals surface area contributed by atoms with Crippen LogP contribution in [0.25, 0.3) is 0 Å². The van der Waals surface area contributed by atoms with E-state index in [1.165, 1.54) is 19.3 Å². The van der Waals surface area contributed by atoms with Crippen LogP contribution in [-0.2, 0) is 9.59 Å². The molecule has 1 aliphatic carbocycles. The summed E-state index contributed by atoms with van der Waals surface area (Å²) in [6, 6.07) is 0. The molecule has 3 heteroatoms. The average Bonchev–Trinajstić information content (AvgIpc) is 2.36. The molecule has 3 nitrogen and oxygen atoms in total. The van der Waals surface area contributed by atoms with Gasteiger partial charge in [0.15, 0.2) is 0 Å². The molecule has 0 spiro atoms. The SMILES string of the molecule is CC.CC.CC(=O)C1CCCCC1.NC=O. The Labute approximate surface area is 101 Å². The van der Waals surface area contributed by atoms with E-state index in [1.54, 1.807) is 6.92 Å². The second-order valence-corrected chi connectivity index (χ2v) is 3.08. The number of carbonyl (C=O) groups is 2. The van der Waals surface area contributed by atoms with Crippen LogP contribution in [0.5, 0.6) is 0 Å². The summed E-state index contributed by atoms with van der Waals surface area (Å²) in [7, 11) is 0. The first-order valence-electron chi connectivity index (χ1n) is 6.38. The summed E-state index contributed by atoms with van der Waals surface area (Å²) in [5, 5.41) is 0. The number of ketones is 1. The molecule has 0 bridgehead atoms. The zero-order valence-electron chi connectivity index (χ0n) is 11.6. The van der Waals surface area contributed by atoms with Gasteiger partial charge in [-0.3, -0.25) is 9.59 Å². The van der Waals surface area contributed by atoms with Crippen molar-refractivity contribution in [1.29, 1.82) is 0 Å². The molecule has 0 aromatic carbocycles. The van der Waals surface area contributed by atoms with Crippen LogP contribution in [0.2, 0.25) is 0 Å². The summed E-state index contributed by atoms with van der Waals surface area (Å²) in [6.45, 7) is 9.72. The zero-order chi connectivity index (χ0) is 13.4. The van der Waals surface area contributed by atoms with Crippen molar-refractivity contribution in [2.45, 2.75) is 66.7 Å². The number of amides is 1. The smallest absolute Gasteiger partial charge is 0.204 e. The van der Waals surface area contributed by atoms with Crippen molar-refractivity contribution in [3.63, 3.8) is 0 Å². The fourth-order valence-electron chi connectivity index (χ4n) is 1.51. The molecule has 0 unspecified atom stereocenters. The summed E-state index contributed by atoms with van der Waals surface area (Å²) in [5.41, 5.74) is 4.17. The van der Waals surface area contributed by atoms with Gasteiger partial charge in [-0.05, 0) is 19.8 Å². The third-order valence-corrected chi connectivity index (χ3v) is 2.18. The molecule has 0 aromatic rings. The normalized spacial score (nSPS) is 13.8. The second kappa shape index (κ2) is 19.7. The van der Waals surface area contributed by atoms with Gasteiger partial charge >= 0.3 is 0 Å². The van der Waals surface area contributed by atoms with Crippen molar-refractivity contribution in [3.05, 3.63) is 0 Å². The standard InChI is InChI=1S/C8H14O.2C2H6.CH3NO/c1-7(9)8-5-3-2-4-6-8;2*1-2;2-1-3/h8H,2-6H2,1H3;2*1-2H3;1H,(H2,2,3). The van der Waals surface area contributed by atoms with E-state index in [0.29, 0.717) is 11.7 Å². The quantitative estimate of drug-likeness (QED) is 0.704. The second-order valence-electron chi connectivity index (χ2n) is 3.08. The van der Waals surface area contributed by atoms with Crippen molar-refractivity contribution >= 4 is 12.2 Å². The van der Waals surface area contributed by atoms with E-state index in [2.05, 4.69) is 5.73 Å². The number of hydrogen-bond acceptors (Lipinski definition) is 2. The van der Waals surface area contributed by atoms with Crippen molar-refractivity contribution in [2.24, 2.45) is 11.7 Å². The van der Waals surface area contributed by atoms with E-state index in [1.807, 2.05) is 27.7 Å².